The maximum Gasteiger partial charge on any atom is 0.262 e. The van der Waals surface area contributed by atoms with Crippen molar-refractivity contribution in [1.82, 2.24) is 5.32 Å². The lowest BCUT2D eigenvalue weighted by atomic mass is 10.1. The molecule has 2 aromatic rings. The summed E-state index contributed by atoms with van der Waals surface area (Å²) in [6, 6.07) is 10.7. The predicted molar refractivity (Wildman–Crippen MR) is 98.0 cm³/mol. The van der Waals surface area contributed by atoms with Gasteiger partial charge in [0.25, 0.3) is 5.91 Å². The second-order valence-corrected chi connectivity index (χ2v) is 5.60. The van der Waals surface area contributed by atoms with Gasteiger partial charge in [-0.15, -0.1) is 0 Å². The molecule has 0 spiro atoms. The van der Waals surface area contributed by atoms with E-state index in [0.717, 1.165) is 5.56 Å². The smallest absolute Gasteiger partial charge is 0.262 e. The number of nitrogens with zero attached hydrogens (tertiary/aromatic N) is 2. The highest BCUT2D eigenvalue weighted by atomic mass is 16.5. The van der Waals surface area contributed by atoms with Crippen LogP contribution >= 0.6 is 0 Å². The molecule has 0 bridgehead atoms. The minimum absolute atomic E-state index is 0.0443. The first-order valence-corrected chi connectivity index (χ1v) is 7.86. The Morgan fingerprint density at radius 2 is 2.04 bits per heavy atom. The number of carbonyl (C=O) groups is 1. The van der Waals surface area contributed by atoms with Crippen LogP contribution in [0.1, 0.15) is 11.3 Å². The molecule has 1 N–H and O–H groups in total. The first-order valence-electron chi connectivity index (χ1n) is 7.86. The van der Waals surface area contributed by atoms with Crippen molar-refractivity contribution >= 4 is 17.9 Å². The first kappa shape index (κ1) is 18.9. The predicted octanol–water partition coefficient (Wildman–Crippen LogP) is 2.59. The van der Waals surface area contributed by atoms with Crippen molar-refractivity contribution in [3.8, 4) is 17.6 Å². The van der Waals surface area contributed by atoms with E-state index in [1.165, 1.54) is 6.08 Å². The highest BCUT2D eigenvalue weighted by molar-refractivity contribution is 6.01. The zero-order chi connectivity index (χ0) is 19.1. The average Bonchev–Trinajstić information content (AvgIpc) is 3.13. The standard InChI is InChI=1S/C19H21N3O4/c1-22(2)18-8-7-16(26-18)9-14(11-20)19(23)21-12-13-5-6-15(24-3)10-17(13)25-4/h5-10H,12H2,1-4H3,(H,21,23)/b14-9+. The Morgan fingerprint density at radius 3 is 2.62 bits per heavy atom. The molecule has 0 saturated heterocycles. The van der Waals surface area contributed by atoms with E-state index in [4.69, 9.17) is 13.9 Å². The highest BCUT2D eigenvalue weighted by Gasteiger charge is 2.12. The van der Waals surface area contributed by atoms with Gasteiger partial charge in [-0.25, -0.2) is 0 Å². The molecule has 0 aliphatic heterocycles. The van der Waals surface area contributed by atoms with Crippen LogP contribution in [-0.4, -0.2) is 34.2 Å². The number of hydrogen-bond donors (Lipinski definition) is 1. The molecule has 0 atom stereocenters. The van der Waals surface area contributed by atoms with Gasteiger partial charge in [-0.2, -0.15) is 5.26 Å². The third kappa shape index (κ3) is 4.57. The minimum Gasteiger partial charge on any atom is -0.497 e. The number of nitrogens with one attached hydrogen (secondary N) is 1. The fourth-order valence-electron chi connectivity index (χ4n) is 2.22. The van der Waals surface area contributed by atoms with Crippen LogP contribution in [0.15, 0.2) is 40.3 Å². The maximum absolute atomic E-state index is 12.3. The van der Waals surface area contributed by atoms with Gasteiger partial charge in [-0.3, -0.25) is 4.79 Å². The molecule has 7 nitrogen and oxygen atoms in total. The van der Waals surface area contributed by atoms with Crippen LogP contribution in [0.4, 0.5) is 5.88 Å². The van der Waals surface area contributed by atoms with Gasteiger partial charge in [0.2, 0.25) is 0 Å². The van der Waals surface area contributed by atoms with Crippen molar-refractivity contribution in [3.63, 3.8) is 0 Å². The van der Waals surface area contributed by atoms with E-state index in [-0.39, 0.29) is 12.1 Å². The van der Waals surface area contributed by atoms with Crippen molar-refractivity contribution in [2.75, 3.05) is 33.2 Å². The minimum atomic E-state index is -0.492. The molecule has 0 fully saturated rings. The van der Waals surface area contributed by atoms with Crippen LogP contribution in [0.5, 0.6) is 11.5 Å². The quantitative estimate of drug-likeness (QED) is 0.607. The lowest BCUT2D eigenvalue weighted by Crippen LogP contribution is -2.24. The van der Waals surface area contributed by atoms with E-state index >= 15 is 0 Å². The van der Waals surface area contributed by atoms with Crippen molar-refractivity contribution in [2.45, 2.75) is 6.54 Å². The van der Waals surface area contributed by atoms with Gasteiger partial charge in [-0.05, 0) is 18.2 Å². The summed E-state index contributed by atoms with van der Waals surface area (Å²) in [5, 5.41) is 12.0. The van der Waals surface area contributed by atoms with Gasteiger partial charge in [-0.1, -0.05) is 0 Å². The van der Waals surface area contributed by atoms with Gasteiger partial charge in [0.1, 0.15) is 28.9 Å². The second kappa shape index (κ2) is 8.62. The molecule has 1 amide bonds. The lowest BCUT2D eigenvalue weighted by molar-refractivity contribution is -0.117. The monoisotopic (exact) mass is 355 g/mol. The van der Waals surface area contributed by atoms with Crippen LogP contribution in [0.3, 0.4) is 0 Å². The zero-order valence-corrected chi connectivity index (χ0v) is 15.2. The normalized spacial score (nSPS) is 10.8. The van der Waals surface area contributed by atoms with Crippen LogP contribution in [0.2, 0.25) is 0 Å². The highest BCUT2D eigenvalue weighted by Crippen LogP contribution is 2.24. The summed E-state index contributed by atoms with van der Waals surface area (Å²) in [5.74, 6) is 1.82. The number of nitriles is 1. The molecule has 0 unspecified atom stereocenters. The molecule has 1 aromatic carbocycles. The fourth-order valence-corrected chi connectivity index (χ4v) is 2.22. The van der Waals surface area contributed by atoms with Crippen LogP contribution in [0.25, 0.3) is 6.08 Å². The van der Waals surface area contributed by atoms with Crippen LogP contribution < -0.4 is 19.7 Å². The van der Waals surface area contributed by atoms with E-state index in [1.54, 1.807) is 49.5 Å². The maximum atomic E-state index is 12.3. The molecule has 2 rings (SSSR count). The summed E-state index contributed by atoms with van der Waals surface area (Å²) >= 11 is 0. The first-order chi connectivity index (χ1) is 12.5. The van der Waals surface area contributed by atoms with Gasteiger partial charge in [0, 0.05) is 44.4 Å². The molecule has 0 radical (unpaired) electrons. The van der Waals surface area contributed by atoms with Gasteiger partial charge < -0.3 is 24.1 Å². The molecular weight excluding hydrogens is 334 g/mol. The van der Waals surface area contributed by atoms with Crippen LogP contribution in [0, 0.1) is 11.3 Å². The summed E-state index contributed by atoms with van der Waals surface area (Å²) in [6.45, 7) is 0.214. The Labute approximate surface area is 152 Å². The van der Waals surface area contributed by atoms with Gasteiger partial charge >= 0.3 is 0 Å². The van der Waals surface area contributed by atoms with Crippen molar-refractivity contribution < 1.29 is 18.7 Å². The third-order valence-electron chi connectivity index (χ3n) is 3.64. The average molecular weight is 355 g/mol. The summed E-state index contributed by atoms with van der Waals surface area (Å²) < 4.78 is 16.0. The Balaban J connectivity index is 2.10. The summed E-state index contributed by atoms with van der Waals surface area (Å²) in [5.41, 5.74) is 0.726. The zero-order valence-electron chi connectivity index (χ0n) is 15.2. The van der Waals surface area contributed by atoms with Crippen molar-refractivity contribution in [2.24, 2.45) is 0 Å². The van der Waals surface area contributed by atoms with E-state index in [0.29, 0.717) is 23.1 Å². The lowest BCUT2D eigenvalue weighted by Gasteiger charge is -2.11. The molecule has 26 heavy (non-hydrogen) atoms. The van der Waals surface area contributed by atoms with Crippen molar-refractivity contribution in [3.05, 3.63) is 47.2 Å². The SMILES string of the molecule is COc1ccc(CNC(=O)/C(C#N)=C/c2ccc(N(C)C)o2)c(OC)c1. The molecule has 1 heterocycles. The molecule has 7 heteroatoms. The van der Waals surface area contributed by atoms with E-state index in [1.807, 2.05) is 20.2 Å². The number of rotatable bonds is 7. The van der Waals surface area contributed by atoms with Crippen molar-refractivity contribution in [1.29, 1.82) is 5.26 Å². The molecule has 0 aliphatic rings. The van der Waals surface area contributed by atoms with Gasteiger partial charge in [0.05, 0.1) is 14.2 Å². The van der Waals surface area contributed by atoms with E-state index in [9.17, 15) is 10.1 Å². The summed E-state index contributed by atoms with van der Waals surface area (Å²) in [4.78, 5) is 14.1. The van der Waals surface area contributed by atoms with E-state index in [2.05, 4.69) is 5.32 Å². The number of carbonyl (C=O) groups excluding carboxylic acids is 1. The Kier molecular flexibility index (Phi) is 6.28. The fraction of sp³-hybridized carbons (Fsp3) is 0.263. The van der Waals surface area contributed by atoms with E-state index < -0.39 is 5.91 Å². The number of hydrogen-bond acceptors (Lipinski definition) is 6. The Hall–Kier alpha value is -3.40. The molecule has 0 aliphatic carbocycles. The van der Waals surface area contributed by atoms with Crippen LogP contribution in [-0.2, 0) is 11.3 Å². The van der Waals surface area contributed by atoms with Gasteiger partial charge in [0.15, 0.2) is 5.88 Å². The number of amides is 1. The number of ether oxygens (including phenoxy) is 2. The molecule has 1 aromatic heterocycles. The Bertz CT molecular complexity index is 847. The number of benzene rings is 1. The Morgan fingerprint density at radius 1 is 1.27 bits per heavy atom. The topological polar surface area (TPSA) is 87.7 Å². The summed E-state index contributed by atoms with van der Waals surface area (Å²) in [6.07, 6.45) is 1.41. The molecular formula is C19H21N3O4. The second-order valence-electron chi connectivity index (χ2n) is 5.60. The number of anilines is 1. The molecule has 136 valence electrons. The number of methoxy groups -OCH3 is 2. The third-order valence-corrected chi connectivity index (χ3v) is 3.64. The number of furan rings is 1. The largest absolute Gasteiger partial charge is 0.497 e. The summed E-state index contributed by atoms with van der Waals surface area (Å²) in [7, 11) is 6.79. The molecule has 0 saturated carbocycles.